The molecule has 1 N–H and O–H groups in total. The molecule has 2 aliphatic rings. The number of piperidine rings is 1. The van der Waals surface area contributed by atoms with Crippen molar-refractivity contribution in [3.63, 3.8) is 0 Å². The summed E-state index contributed by atoms with van der Waals surface area (Å²) in [5, 5.41) is 3.26. The van der Waals surface area contributed by atoms with E-state index in [2.05, 4.69) is 24.1 Å². The summed E-state index contributed by atoms with van der Waals surface area (Å²) < 4.78 is 29.2. The third kappa shape index (κ3) is 6.35. The van der Waals surface area contributed by atoms with Crippen LogP contribution in [0.2, 0.25) is 0 Å². The molecule has 8 heteroatoms. The van der Waals surface area contributed by atoms with Gasteiger partial charge < -0.3 is 10.2 Å². The van der Waals surface area contributed by atoms with Crippen molar-refractivity contribution >= 4 is 15.9 Å². The number of carbonyl (C=O) groups is 1. The monoisotopic (exact) mass is 478 g/mol. The maximum Gasteiger partial charge on any atom is 0.243 e. The summed E-state index contributed by atoms with van der Waals surface area (Å²) in [6, 6.07) is 4.63. The van der Waals surface area contributed by atoms with Gasteiger partial charge in [0.15, 0.2) is 0 Å². The van der Waals surface area contributed by atoms with Crippen molar-refractivity contribution in [2.45, 2.75) is 77.3 Å². The first-order valence-electron chi connectivity index (χ1n) is 12.4. The zero-order chi connectivity index (χ0) is 24.2. The number of sulfonamides is 1. The molecular formula is C25H42N4O3S. The highest BCUT2D eigenvalue weighted by Crippen LogP contribution is 2.26. The fraction of sp³-hybridized carbons (Fsp3) is 0.720. The van der Waals surface area contributed by atoms with Crippen LogP contribution in [0.4, 0.5) is 0 Å². The van der Waals surface area contributed by atoms with Crippen molar-refractivity contribution in [1.82, 2.24) is 19.4 Å². The fourth-order valence-corrected chi connectivity index (χ4v) is 6.86. The van der Waals surface area contributed by atoms with Gasteiger partial charge in [0, 0.05) is 64.3 Å². The molecule has 0 bridgehead atoms. The topological polar surface area (TPSA) is 73.0 Å². The normalized spacial score (nSPS) is 22.7. The number of likely N-dealkylation sites (tertiary alicyclic amines) is 1. The Kier molecular flexibility index (Phi) is 8.95. The number of carbonyl (C=O) groups excluding carboxylic acids is 1. The maximum absolute atomic E-state index is 13.8. The van der Waals surface area contributed by atoms with E-state index in [1.54, 1.807) is 10.4 Å². The van der Waals surface area contributed by atoms with Crippen LogP contribution >= 0.6 is 0 Å². The zero-order valence-corrected chi connectivity index (χ0v) is 21.9. The van der Waals surface area contributed by atoms with Gasteiger partial charge in [-0.1, -0.05) is 12.5 Å². The summed E-state index contributed by atoms with van der Waals surface area (Å²) in [5.41, 5.74) is 2.81. The summed E-state index contributed by atoms with van der Waals surface area (Å²) in [6.07, 6.45) is 3.74. The van der Waals surface area contributed by atoms with Gasteiger partial charge >= 0.3 is 0 Å². The van der Waals surface area contributed by atoms with Gasteiger partial charge in [-0.15, -0.1) is 0 Å². The molecule has 2 atom stereocenters. The highest BCUT2D eigenvalue weighted by Gasteiger charge is 2.31. The lowest BCUT2D eigenvalue weighted by atomic mass is 9.98. The second kappa shape index (κ2) is 11.3. The van der Waals surface area contributed by atoms with Crippen LogP contribution in [0.25, 0.3) is 0 Å². The van der Waals surface area contributed by atoms with Crippen LogP contribution in [0.3, 0.4) is 0 Å². The smallest absolute Gasteiger partial charge is 0.243 e. The lowest BCUT2D eigenvalue weighted by Crippen LogP contribution is -2.49. The minimum absolute atomic E-state index is 0.0354. The van der Waals surface area contributed by atoms with Crippen LogP contribution in [0.1, 0.15) is 56.2 Å². The molecule has 7 nitrogen and oxygen atoms in total. The minimum atomic E-state index is -3.71. The maximum atomic E-state index is 13.8. The van der Waals surface area contributed by atoms with E-state index in [4.69, 9.17) is 0 Å². The van der Waals surface area contributed by atoms with Crippen molar-refractivity contribution in [3.8, 4) is 0 Å². The van der Waals surface area contributed by atoms with Crippen LogP contribution in [-0.4, -0.2) is 86.3 Å². The number of amides is 1. The molecule has 0 radical (unpaired) electrons. The molecular weight excluding hydrogens is 436 g/mol. The van der Waals surface area contributed by atoms with Crippen molar-refractivity contribution in [3.05, 3.63) is 28.8 Å². The van der Waals surface area contributed by atoms with Gasteiger partial charge in [-0.2, -0.15) is 4.31 Å². The second-order valence-electron chi connectivity index (χ2n) is 9.85. The average molecular weight is 479 g/mol. The van der Waals surface area contributed by atoms with E-state index in [0.717, 1.165) is 42.6 Å². The lowest BCUT2D eigenvalue weighted by Gasteiger charge is -2.40. The largest absolute Gasteiger partial charge is 0.340 e. The summed E-state index contributed by atoms with van der Waals surface area (Å²) in [6.45, 7) is 14.5. The lowest BCUT2D eigenvalue weighted by molar-refractivity contribution is -0.131. The summed E-state index contributed by atoms with van der Waals surface area (Å²) >= 11 is 0. The van der Waals surface area contributed by atoms with Gasteiger partial charge in [0.1, 0.15) is 0 Å². The second-order valence-corrected chi connectivity index (χ2v) is 11.8. The molecule has 2 aliphatic heterocycles. The molecule has 1 amide bonds. The zero-order valence-electron chi connectivity index (χ0n) is 21.1. The van der Waals surface area contributed by atoms with Crippen LogP contribution < -0.4 is 5.32 Å². The molecule has 3 rings (SSSR count). The summed E-state index contributed by atoms with van der Waals surface area (Å²) in [7, 11) is -3.71. The van der Waals surface area contributed by atoms with E-state index < -0.39 is 10.0 Å². The van der Waals surface area contributed by atoms with E-state index in [0.29, 0.717) is 43.2 Å². The van der Waals surface area contributed by atoms with Crippen molar-refractivity contribution in [2.75, 3.05) is 45.8 Å². The molecule has 1 aromatic carbocycles. The molecule has 2 heterocycles. The molecule has 33 heavy (non-hydrogen) atoms. The number of nitrogens with one attached hydrogen (secondary N) is 1. The number of rotatable bonds is 8. The Morgan fingerprint density at radius 2 is 1.61 bits per heavy atom. The van der Waals surface area contributed by atoms with E-state index in [9.17, 15) is 13.2 Å². The summed E-state index contributed by atoms with van der Waals surface area (Å²) in [4.78, 5) is 17.4. The van der Waals surface area contributed by atoms with Crippen LogP contribution in [0.5, 0.6) is 0 Å². The first-order valence-corrected chi connectivity index (χ1v) is 13.9. The number of benzene rings is 1. The quantitative estimate of drug-likeness (QED) is 0.622. The molecule has 2 fully saturated rings. The number of aryl methyl sites for hydroxylation is 3. The Morgan fingerprint density at radius 3 is 2.24 bits per heavy atom. The van der Waals surface area contributed by atoms with Crippen molar-refractivity contribution < 1.29 is 13.2 Å². The molecule has 1 aromatic rings. The van der Waals surface area contributed by atoms with Crippen molar-refractivity contribution in [1.29, 1.82) is 0 Å². The third-order valence-corrected chi connectivity index (χ3v) is 9.48. The van der Waals surface area contributed by atoms with E-state index >= 15 is 0 Å². The van der Waals surface area contributed by atoms with Gasteiger partial charge in [0.25, 0.3) is 0 Å². The standard InChI is InChI=1S/C25H42N4O3S/c1-19-17-21(3)24(18-20(19)2)33(31,32)28(12-9-25(30)27-13-10-26-11-14-27)15-16-29-22(4)7-6-8-23(29)5/h17-18,22-23,26H,6-16H2,1-5H3/t22-,23-/m0/s1. The number of nitrogens with zero attached hydrogens (tertiary/aromatic N) is 3. The average Bonchev–Trinajstić information content (AvgIpc) is 2.78. The van der Waals surface area contributed by atoms with Crippen LogP contribution in [0, 0.1) is 20.8 Å². The Morgan fingerprint density at radius 1 is 1.00 bits per heavy atom. The van der Waals surface area contributed by atoms with Gasteiger partial charge in [0.05, 0.1) is 4.90 Å². The van der Waals surface area contributed by atoms with Gasteiger partial charge in [0.2, 0.25) is 15.9 Å². The van der Waals surface area contributed by atoms with Crippen LogP contribution in [-0.2, 0) is 14.8 Å². The van der Waals surface area contributed by atoms with E-state index in [1.807, 2.05) is 31.7 Å². The fourth-order valence-electron chi connectivity index (χ4n) is 5.14. The number of piperazine rings is 1. The molecule has 0 aromatic heterocycles. The SMILES string of the molecule is Cc1cc(C)c(S(=O)(=O)N(CCC(=O)N2CCNCC2)CCN2[C@@H](C)CCC[C@@H]2C)cc1C. The van der Waals surface area contributed by atoms with Gasteiger partial charge in [-0.05, 0) is 70.2 Å². The predicted molar refractivity (Wildman–Crippen MR) is 133 cm³/mol. The molecule has 0 spiro atoms. The highest BCUT2D eigenvalue weighted by atomic mass is 32.2. The van der Waals surface area contributed by atoms with Gasteiger partial charge in [-0.3, -0.25) is 9.69 Å². The third-order valence-electron chi connectivity index (χ3n) is 7.44. The van der Waals surface area contributed by atoms with E-state index in [1.165, 1.54) is 6.42 Å². The van der Waals surface area contributed by atoms with Gasteiger partial charge in [-0.25, -0.2) is 8.42 Å². The Labute approximate surface area is 200 Å². The Bertz CT molecular complexity index is 918. The Hall–Kier alpha value is -1.48. The Balaban J connectivity index is 1.80. The molecule has 0 aliphatic carbocycles. The predicted octanol–water partition coefficient (Wildman–Crippen LogP) is 2.69. The minimum Gasteiger partial charge on any atom is -0.340 e. The molecule has 0 unspecified atom stereocenters. The molecule has 186 valence electrons. The van der Waals surface area contributed by atoms with Crippen molar-refractivity contribution in [2.24, 2.45) is 0 Å². The van der Waals surface area contributed by atoms with E-state index in [-0.39, 0.29) is 18.9 Å². The first kappa shape index (κ1) is 26.1. The van der Waals surface area contributed by atoms with Crippen LogP contribution in [0.15, 0.2) is 17.0 Å². The number of hydrogen-bond acceptors (Lipinski definition) is 5. The molecule has 2 saturated heterocycles. The number of hydrogen-bond donors (Lipinski definition) is 1. The molecule has 0 saturated carbocycles. The highest BCUT2D eigenvalue weighted by molar-refractivity contribution is 7.89. The summed E-state index contributed by atoms with van der Waals surface area (Å²) in [5.74, 6) is 0.0354. The first-order chi connectivity index (χ1) is 15.6.